The van der Waals surface area contributed by atoms with Crippen molar-refractivity contribution < 1.29 is 32.7 Å². The summed E-state index contributed by atoms with van der Waals surface area (Å²) in [6, 6.07) is 0. The van der Waals surface area contributed by atoms with E-state index in [0.717, 1.165) is 0 Å². The van der Waals surface area contributed by atoms with Gasteiger partial charge in [0.25, 0.3) is 0 Å². The molecule has 2 N–H and O–H groups in total. The summed E-state index contributed by atoms with van der Waals surface area (Å²) in [5.74, 6) is 0.590. The van der Waals surface area contributed by atoms with Crippen LogP contribution in [0.3, 0.4) is 0 Å². The van der Waals surface area contributed by atoms with Crippen LogP contribution >= 0.6 is 0 Å². The first kappa shape index (κ1) is 24.3. The molecular formula is C19H40NY-. The van der Waals surface area contributed by atoms with Crippen LogP contribution in [0.15, 0.2) is 0 Å². The van der Waals surface area contributed by atoms with Crippen molar-refractivity contribution in [1.29, 1.82) is 0 Å². The van der Waals surface area contributed by atoms with Crippen LogP contribution in [0.1, 0.15) is 82.1 Å². The Balaban J connectivity index is 0. The van der Waals surface area contributed by atoms with Gasteiger partial charge in [0.1, 0.15) is 0 Å². The van der Waals surface area contributed by atoms with Crippen LogP contribution in [-0.4, -0.2) is 6.54 Å². The Morgan fingerprint density at radius 1 is 0.810 bits per heavy atom. The molecule has 1 unspecified atom stereocenters. The maximum Gasteiger partial charge on any atom is 0 e. The molecule has 0 aromatic heterocycles. The summed E-state index contributed by atoms with van der Waals surface area (Å²) in [4.78, 5) is 0. The smallest absolute Gasteiger partial charge is 0 e. The normalized spacial score (nSPS) is 15.6. The van der Waals surface area contributed by atoms with Crippen molar-refractivity contribution in [2.24, 2.45) is 33.3 Å². The van der Waals surface area contributed by atoms with E-state index < -0.39 is 0 Å². The molecule has 0 aliphatic carbocycles. The molecule has 125 valence electrons. The van der Waals surface area contributed by atoms with Crippen LogP contribution in [0.25, 0.3) is 0 Å². The van der Waals surface area contributed by atoms with E-state index in [1.807, 2.05) is 0 Å². The molecular weight excluding hydrogens is 331 g/mol. The third-order valence-electron chi connectivity index (χ3n) is 6.12. The molecule has 0 aliphatic rings. The Labute approximate surface area is 160 Å². The van der Waals surface area contributed by atoms with Gasteiger partial charge in [-0.15, -0.1) is 6.54 Å². The van der Waals surface area contributed by atoms with Gasteiger partial charge < -0.3 is 12.2 Å². The first-order valence-corrected chi connectivity index (χ1v) is 8.20. The number of nitrogens with two attached hydrogens (primary N) is 1. The molecule has 0 bridgehead atoms. The Kier molecular flexibility index (Phi) is 9.55. The molecule has 1 radical (unpaired) electrons. The first-order valence-electron chi connectivity index (χ1n) is 8.20. The SMILES string of the molecule is CC([CH-]CN)CC(C)(C)C(C)(C)CC(C)(C)C(C)(C)C.[Y]. The summed E-state index contributed by atoms with van der Waals surface area (Å²) in [7, 11) is 0. The summed E-state index contributed by atoms with van der Waals surface area (Å²) in [6.07, 6.45) is 4.69. The van der Waals surface area contributed by atoms with Gasteiger partial charge in [0, 0.05) is 32.7 Å². The topological polar surface area (TPSA) is 26.0 Å². The van der Waals surface area contributed by atoms with E-state index in [4.69, 9.17) is 5.73 Å². The van der Waals surface area contributed by atoms with E-state index in [-0.39, 0.29) is 32.7 Å². The summed E-state index contributed by atoms with van der Waals surface area (Å²) >= 11 is 0. The monoisotopic (exact) mass is 371 g/mol. The van der Waals surface area contributed by atoms with Crippen molar-refractivity contribution in [2.75, 3.05) is 6.54 Å². The van der Waals surface area contributed by atoms with Gasteiger partial charge in [0.05, 0.1) is 0 Å². The van der Waals surface area contributed by atoms with E-state index in [1.54, 1.807) is 0 Å². The second-order valence-corrected chi connectivity index (χ2v) is 9.73. The van der Waals surface area contributed by atoms with Gasteiger partial charge in [-0.3, -0.25) is 0 Å². The number of hydrogen-bond donors (Lipinski definition) is 1. The minimum absolute atomic E-state index is 0. The fourth-order valence-corrected chi connectivity index (χ4v) is 3.01. The average molecular weight is 371 g/mol. The Morgan fingerprint density at radius 3 is 1.57 bits per heavy atom. The molecule has 2 heteroatoms. The molecule has 0 fully saturated rings. The zero-order valence-corrected chi connectivity index (χ0v) is 19.3. The van der Waals surface area contributed by atoms with Crippen LogP contribution in [0.4, 0.5) is 0 Å². The molecule has 0 saturated carbocycles. The zero-order chi connectivity index (χ0) is 16.4. The quantitative estimate of drug-likeness (QED) is 0.572. The van der Waals surface area contributed by atoms with Crippen LogP contribution in [-0.2, 0) is 32.7 Å². The zero-order valence-electron chi connectivity index (χ0n) is 16.4. The molecule has 0 aromatic rings. The van der Waals surface area contributed by atoms with E-state index in [1.165, 1.54) is 12.8 Å². The van der Waals surface area contributed by atoms with Crippen molar-refractivity contribution in [1.82, 2.24) is 0 Å². The molecule has 0 aliphatic heterocycles. The second kappa shape index (κ2) is 8.25. The van der Waals surface area contributed by atoms with Gasteiger partial charge in [0.15, 0.2) is 0 Å². The standard InChI is InChI=1S/C19H40N.Y/c1-15(11-12-20)13-17(5,6)19(9,10)14-18(7,8)16(2,3)4;/h11,15H,12-14,20H2,1-10H3;/q-1;. The van der Waals surface area contributed by atoms with Crippen molar-refractivity contribution in [3.63, 3.8) is 0 Å². The molecule has 0 rings (SSSR count). The maximum atomic E-state index is 5.66. The molecule has 0 spiro atoms. The van der Waals surface area contributed by atoms with E-state index in [2.05, 4.69) is 75.7 Å². The number of rotatable bonds is 7. The van der Waals surface area contributed by atoms with Crippen LogP contribution in [0.2, 0.25) is 0 Å². The molecule has 0 saturated heterocycles. The van der Waals surface area contributed by atoms with Crippen molar-refractivity contribution in [2.45, 2.75) is 82.1 Å². The first-order chi connectivity index (χ1) is 8.66. The van der Waals surface area contributed by atoms with Crippen molar-refractivity contribution >= 4 is 0 Å². The second-order valence-electron chi connectivity index (χ2n) is 9.73. The third kappa shape index (κ3) is 7.00. The fraction of sp³-hybridized carbons (Fsp3) is 0.947. The van der Waals surface area contributed by atoms with E-state index >= 15 is 0 Å². The Hall–Kier alpha value is 1.06. The van der Waals surface area contributed by atoms with Crippen LogP contribution in [0, 0.1) is 34.0 Å². The van der Waals surface area contributed by atoms with Gasteiger partial charge in [-0.25, -0.2) is 0 Å². The molecule has 1 nitrogen and oxygen atoms in total. The summed E-state index contributed by atoms with van der Waals surface area (Å²) < 4.78 is 0. The molecule has 0 heterocycles. The van der Waals surface area contributed by atoms with Crippen LogP contribution in [0.5, 0.6) is 0 Å². The third-order valence-corrected chi connectivity index (χ3v) is 6.12. The predicted octanol–water partition coefficient (Wildman–Crippen LogP) is 5.69. The fourth-order valence-electron chi connectivity index (χ4n) is 3.01. The summed E-state index contributed by atoms with van der Waals surface area (Å²) in [5.41, 5.74) is 6.93. The van der Waals surface area contributed by atoms with Crippen molar-refractivity contribution in [3.05, 3.63) is 6.42 Å². The predicted molar refractivity (Wildman–Crippen MR) is 92.6 cm³/mol. The van der Waals surface area contributed by atoms with Gasteiger partial charge in [-0.05, 0) is 28.1 Å². The molecule has 21 heavy (non-hydrogen) atoms. The maximum absolute atomic E-state index is 5.66. The minimum atomic E-state index is 0. The Bertz CT molecular complexity index is 297. The molecule has 0 aromatic carbocycles. The largest absolute Gasteiger partial charge is 0.360 e. The van der Waals surface area contributed by atoms with Gasteiger partial charge in [-0.1, -0.05) is 75.7 Å². The van der Waals surface area contributed by atoms with Gasteiger partial charge in [-0.2, -0.15) is 5.92 Å². The van der Waals surface area contributed by atoms with Gasteiger partial charge in [0.2, 0.25) is 0 Å². The number of hydrogen-bond acceptors (Lipinski definition) is 1. The van der Waals surface area contributed by atoms with E-state index in [0.29, 0.717) is 34.1 Å². The van der Waals surface area contributed by atoms with Crippen LogP contribution < -0.4 is 5.73 Å². The van der Waals surface area contributed by atoms with Crippen molar-refractivity contribution in [3.8, 4) is 0 Å². The molecule has 0 amide bonds. The minimum Gasteiger partial charge on any atom is -0.360 e. The molecule has 1 atom stereocenters. The Morgan fingerprint density at radius 2 is 1.24 bits per heavy atom. The van der Waals surface area contributed by atoms with E-state index in [9.17, 15) is 0 Å². The summed E-state index contributed by atoms with van der Waals surface area (Å²) in [5, 5.41) is 0. The summed E-state index contributed by atoms with van der Waals surface area (Å²) in [6.45, 7) is 24.6. The van der Waals surface area contributed by atoms with Gasteiger partial charge >= 0.3 is 0 Å². The average Bonchev–Trinajstić information content (AvgIpc) is 2.12.